The number of aromatic amines is 1. The van der Waals surface area contributed by atoms with Gasteiger partial charge in [-0.15, -0.1) is 0 Å². The molecule has 1 fully saturated rings. The van der Waals surface area contributed by atoms with Crippen molar-refractivity contribution in [2.24, 2.45) is 5.92 Å². The molecule has 1 aromatic heterocycles. The van der Waals surface area contributed by atoms with E-state index in [1.54, 1.807) is 11.9 Å². The molecule has 0 bridgehead atoms. The lowest BCUT2D eigenvalue weighted by Crippen LogP contribution is -2.47. The monoisotopic (exact) mass is 356 g/mol. The summed E-state index contributed by atoms with van der Waals surface area (Å²) in [5.74, 6) is 0.641. The number of hydrogen-bond acceptors (Lipinski definition) is 3. The van der Waals surface area contributed by atoms with Crippen LogP contribution in [0.5, 0.6) is 0 Å². The molecule has 1 aliphatic heterocycles. The lowest BCUT2D eigenvalue weighted by Gasteiger charge is -2.32. The first-order valence-electron chi connectivity index (χ1n) is 9.21. The molecular weight excluding hydrogens is 328 g/mol. The number of H-pyrrole nitrogens is 1. The minimum absolute atomic E-state index is 0.0306. The van der Waals surface area contributed by atoms with E-state index in [4.69, 9.17) is 4.98 Å². The van der Waals surface area contributed by atoms with Gasteiger partial charge < -0.3 is 15.2 Å². The fourth-order valence-corrected chi connectivity index (χ4v) is 3.60. The molecule has 2 aromatic rings. The second-order valence-corrected chi connectivity index (χ2v) is 7.84. The first-order chi connectivity index (χ1) is 12.2. The smallest absolute Gasteiger partial charge is 0.225 e. The van der Waals surface area contributed by atoms with Crippen LogP contribution in [0, 0.1) is 19.8 Å². The van der Waals surface area contributed by atoms with Crippen LogP contribution >= 0.6 is 0 Å². The molecule has 1 aromatic carbocycles. The molecule has 1 atom stereocenters. The van der Waals surface area contributed by atoms with Gasteiger partial charge in [0.25, 0.3) is 0 Å². The fourth-order valence-electron chi connectivity index (χ4n) is 3.60. The van der Waals surface area contributed by atoms with Crippen LogP contribution < -0.4 is 5.32 Å². The van der Waals surface area contributed by atoms with Crippen LogP contribution in [-0.2, 0) is 16.0 Å². The molecule has 1 aliphatic rings. The minimum atomic E-state index is -0.435. The van der Waals surface area contributed by atoms with Crippen LogP contribution in [0.1, 0.15) is 43.6 Å². The third-order valence-corrected chi connectivity index (χ3v) is 5.90. The highest BCUT2D eigenvalue weighted by Gasteiger charge is 2.47. The number of amides is 2. The molecule has 6 nitrogen and oxygen atoms in total. The Labute approximate surface area is 154 Å². The molecule has 0 spiro atoms. The summed E-state index contributed by atoms with van der Waals surface area (Å²) >= 11 is 0. The van der Waals surface area contributed by atoms with Crippen molar-refractivity contribution < 1.29 is 9.59 Å². The van der Waals surface area contributed by atoms with E-state index in [1.165, 1.54) is 11.1 Å². The van der Waals surface area contributed by atoms with Gasteiger partial charge in [0.05, 0.1) is 17.0 Å². The van der Waals surface area contributed by atoms with Gasteiger partial charge in [0.1, 0.15) is 5.82 Å². The third-order valence-electron chi connectivity index (χ3n) is 5.90. The summed E-state index contributed by atoms with van der Waals surface area (Å²) in [6, 6.07) is 4.16. The fraction of sp³-hybridized carbons (Fsp3) is 0.550. The Balaban J connectivity index is 1.54. The predicted octanol–water partition coefficient (Wildman–Crippen LogP) is 2.49. The van der Waals surface area contributed by atoms with Gasteiger partial charge in [-0.25, -0.2) is 4.98 Å². The first-order valence-corrected chi connectivity index (χ1v) is 9.21. The number of fused-ring (bicyclic) bond motifs is 1. The van der Waals surface area contributed by atoms with Gasteiger partial charge in [-0.05, 0) is 51.3 Å². The van der Waals surface area contributed by atoms with E-state index in [0.29, 0.717) is 6.54 Å². The lowest BCUT2D eigenvalue weighted by atomic mass is 9.88. The highest BCUT2D eigenvalue weighted by atomic mass is 16.2. The van der Waals surface area contributed by atoms with Gasteiger partial charge >= 0.3 is 0 Å². The van der Waals surface area contributed by atoms with Crippen LogP contribution in [0.2, 0.25) is 0 Å². The van der Waals surface area contributed by atoms with Crippen molar-refractivity contribution in [3.8, 4) is 0 Å². The number of imidazole rings is 1. The van der Waals surface area contributed by atoms with E-state index in [-0.39, 0.29) is 24.2 Å². The number of carbonyl (C=O) groups is 2. The second-order valence-electron chi connectivity index (χ2n) is 7.84. The average molecular weight is 356 g/mol. The maximum atomic E-state index is 12.5. The van der Waals surface area contributed by atoms with Gasteiger partial charge in [0.2, 0.25) is 11.8 Å². The lowest BCUT2D eigenvalue weighted by molar-refractivity contribution is -0.128. The zero-order valence-electron chi connectivity index (χ0n) is 16.3. The van der Waals surface area contributed by atoms with E-state index in [2.05, 4.69) is 36.3 Å². The van der Waals surface area contributed by atoms with Crippen molar-refractivity contribution in [2.45, 2.75) is 52.5 Å². The van der Waals surface area contributed by atoms with Gasteiger partial charge in [0.15, 0.2) is 0 Å². The highest BCUT2D eigenvalue weighted by Crippen LogP contribution is 2.34. The molecule has 2 N–H and O–H groups in total. The molecule has 0 saturated carbocycles. The summed E-state index contributed by atoms with van der Waals surface area (Å²) in [5.41, 5.74) is 4.09. The first kappa shape index (κ1) is 18.4. The van der Waals surface area contributed by atoms with Crippen molar-refractivity contribution in [2.75, 3.05) is 13.6 Å². The number of aryl methyl sites for hydroxylation is 3. The summed E-state index contributed by atoms with van der Waals surface area (Å²) in [7, 11) is 1.76. The van der Waals surface area contributed by atoms with Crippen LogP contribution in [0.15, 0.2) is 12.1 Å². The summed E-state index contributed by atoms with van der Waals surface area (Å²) in [4.78, 5) is 34.1. The Kier molecular flexibility index (Phi) is 4.78. The number of aromatic nitrogens is 2. The van der Waals surface area contributed by atoms with E-state index >= 15 is 0 Å². The molecule has 0 unspecified atom stereocenters. The number of carbonyl (C=O) groups excluding carboxylic acids is 2. The van der Waals surface area contributed by atoms with E-state index in [9.17, 15) is 9.59 Å². The second kappa shape index (κ2) is 6.74. The molecule has 1 saturated heterocycles. The highest BCUT2D eigenvalue weighted by molar-refractivity contribution is 5.90. The number of hydrogen-bond donors (Lipinski definition) is 2. The number of rotatable bonds is 5. The molecule has 140 valence electrons. The maximum Gasteiger partial charge on any atom is 0.225 e. The van der Waals surface area contributed by atoms with E-state index in [1.807, 2.05) is 13.8 Å². The Bertz CT molecular complexity index is 853. The molecule has 0 aliphatic carbocycles. The Morgan fingerprint density at radius 1 is 1.38 bits per heavy atom. The van der Waals surface area contributed by atoms with Crippen LogP contribution in [-0.4, -0.2) is 45.8 Å². The zero-order valence-corrected chi connectivity index (χ0v) is 16.3. The molecule has 2 amide bonds. The summed E-state index contributed by atoms with van der Waals surface area (Å²) in [6.45, 7) is 8.65. The van der Waals surface area contributed by atoms with E-state index < -0.39 is 5.54 Å². The predicted molar refractivity (Wildman–Crippen MR) is 102 cm³/mol. The van der Waals surface area contributed by atoms with Crippen LogP contribution in [0.4, 0.5) is 0 Å². The maximum absolute atomic E-state index is 12.5. The van der Waals surface area contributed by atoms with E-state index in [0.717, 1.165) is 29.7 Å². The van der Waals surface area contributed by atoms with Crippen molar-refractivity contribution in [3.05, 3.63) is 29.1 Å². The average Bonchev–Trinajstić information content (AvgIpc) is 3.10. The normalized spacial score (nSPS) is 19.3. The summed E-state index contributed by atoms with van der Waals surface area (Å²) < 4.78 is 0. The minimum Gasteiger partial charge on any atom is -0.356 e. The summed E-state index contributed by atoms with van der Waals surface area (Å²) in [5, 5.41) is 2.99. The summed E-state index contributed by atoms with van der Waals surface area (Å²) in [6.07, 6.45) is 1.87. The topological polar surface area (TPSA) is 78.1 Å². The van der Waals surface area contributed by atoms with Gasteiger partial charge in [-0.1, -0.05) is 6.07 Å². The van der Waals surface area contributed by atoms with Crippen LogP contribution in [0.25, 0.3) is 11.0 Å². The Morgan fingerprint density at radius 3 is 2.77 bits per heavy atom. The number of benzene rings is 1. The number of nitrogens with one attached hydrogen (secondary N) is 2. The van der Waals surface area contributed by atoms with Gasteiger partial charge in [0, 0.05) is 32.0 Å². The Morgan fingerprint density at radius 2 is 2.12 bits per heavy atom. The molecule has 0 radical (unpaired) electrons. The zero-order chi connectivity index (χ0) is 19.1. The van der Waals surface area contributed by atoms with Crippen molar-refractivity contribution in [1.29, 1.82) is 0 Å². The standard InChI is InChI=1S/C20H28N4O2/c1-12-8-9-15-18(13(12)2)23-16(22-15)7-6-10-21-19(26)14-11-17(25)24(5)20(14,3)4/h8-9,14H,6-7,10-11H2,1-5H3,(H,21,26)(H,22,23)/t14-/m1/s1. The molecule has 6 heteroatoms. The van der Waals surface area contributed by atoms with Gasteiger partial charge in [-0.3, -0.25) is 9.59 Å². The van der Waals surface area contributed by atoms with Crippen molar-refractivity contribution in [1.82, 2.24) is 20.2 Å². The van der Waals surface area contributed by atoms with Crippen molar-refractivity contribution >= 4 is 22.8 Å². The quantitative estimate of drug-likeness (QED) is 0.808. The number of nitrogens with zero attached hydrogens (tertiary/aromatic N) is 2. The SMILES string of the molecule is Cc1ccc2[nH]c(CCCNC(=O)[C@H]3CC(=O)N(C)C3(C)C)nc2c1C. The molecule has 2 heterocycles. The molecule has 3 rings (SSSR count). The Hall–Kier alpha value is -2.37. The molecular formula is C20H28N4O2. The molecule has 26 heavy (non-hydrogen) atoms. The van der Waals surface area contributed by atoms with Crippen LogP contribution in [0.3, 0.4) is 0 Å². The van der Waals surface area contributed by atoms with Gasteiger partial charge in [-0.2, -0.15) is 0 Å². The third kappa shape index (κ3) is 3.20. The van der Waals surface area contributed by atoms with Crippen molar-refractivity contribution in [3.63, 3.8) is 0 Å². The largest absolute Gasteiger partial charge is 0.356 e. The number of likely N-dealkylation sites (tertiary alicyclic amines) is 1.